The standard InChI is InChI=1S/C25H20N4O2/c1-31-19-11-7-10-18(14-19)25(30)29-24-21(15-26)23(20-12-5-6-13-22(20)28-24)27-16-17-8-3-2-4-9-17/h2-14H,16H2,1H3,(H2,27,28,29,30). The van der Waals surface area contributed by atoms with E-state index in [0.717, 1.165) is 10.9 Å². The van der Waals surface area contributed by atoms with Crippen molar-refractivity contribution in [3.63, 3.8) is 0 Å². The molecule has 4 rings (SSSR count). The molecular formula is C25H20N4O2. The first-order valence-electron chi connectivity index (χ1n) is 9.75. The quantitative estimate of drug-likeness (QED) is 0.470. The van der Waals surface area contributed by atoms with Gasteiger partial charge in [0.15, 0.2) is 5.82 Å². The van der Waals surface area contributed by atoms with Gasteiger partial charge in [0.1, 0.15) is 17.4 Å². The minimum atomic E-state index is -0.368. The van der Waals surface area contributed by atoms with Crippen molar-refractivity contribution in [1.82, 2.24) is 4.98 Å². The van der Waals surface area contributed by atoms with Crippen LogP contribution in [0.25, 0.3) is 10.9 Å². The Bertz CT molecular complexity index is 1280. The van der Waals surface area contributed by atoms with Crippen LogP contribution in [0.5, 0.6) is 5.75 Å². The lowest BCUT2D eigenvalue weighted by molar-refractivity contribution is 0.102. The average molecular weight is 408 g/mol. The summed E-state index contributed by atoms with van der Waals surface area (Å²) in [5.41, 5.74) is 3.09. The summed E-state index contributed by atoms with van der Waals surface area (Å²) in [4.78, 5) is 17.4. The highest BCUT2D eigenvalue weighted by Gasteiger charge is 2.18. The molecule has 152 valence electrons. The molecule has 6 heteroatoms. The fourth-order valence-corrected chi connectivity index (χ4v) is 3.33. The van der Waals surface area contributed by atoms with E-state index in [-0.39, 0.29) is 17.3 Å². The van der Waals surface area contributed by atoms with E-state index in [1.807, 2.05) is 54.6 Å². The van der Waals surface area contributed by atoms with Gasteiger partial charge in [-0.25, -0.2) is 4.98 Å². The van der Waals surface area contributed by atoms with Gasteiger partial charge >= 0.3 is 0 Å². The van der Waals surface area contributed by atoms with E-state index in [0.29, 0.717) is 29.1 Å². The van der Waals surface area contributed by atoms with Gasteiger partial charge in [-0.1, -0.05) is 54.6 Å². The number of nitrogens with one attached hydrogen (secondary N) is 2. The number of ether oxygens (including phenoxy) is 1. The summed E-state index contributed by atoms with van der Waals surface area (Å²) in [6.07, 6.45) is 0. The lowest BCUT2D eigenvalue weighted by Gasteiger charge is -2.15. The Labute approximate surface area is 180 Å². The van der Waals surface area contributed by atoms with Crippen LogP contribution in [-0.2, 0) is 6.54 Å². The summed E-state index contributed by atoms with van der Waals surface area (Å²) in [7, 11) is 1.54. The smallest absolute Gasteiger partial charge is 0.256 e. The zero-order chi connectivity index (χ0) is 21.6. The summed E-state index contributed by atoms with van der Waals surface area (Å²) in [6.45, 7) is 0.535. The van der Waals surface area contributed by atoms with Gasteiger partial charge in [0.05, 0.1) is 18.3 Å². The van der Waals surface area contributed by atoms with Crippen LogP contribution in [0.3, 0.4) is 0 Å². The predicted octanol–water partition coefficient (Wildman–Crippen LogP) is 4.98. The van der Waals surface area contributed by atoms with Crippen LogP contribution in [0.2, 0.25) is 0 Å². The molecule has 0 atom stereocenters. The Balaban J connectivity index is 1.73. The number of carbonyl (C=O) groups is 1. The van der Waals surface area contributed by atoms with E-state index in [4.69, 9.17) is 4.74 Å². The second kappa shape index (κ2) is 8.97. The molecule has 2 N–H and O–H groups in total. The number of nitriles is 1. The number of benzene rings is 3. The van der Waals surface area contributed by atoms with Gasteiger partial charge in [-0.3, -0.25) is 4.79 Å². The molecule has 0 fully saturated rings. The zero-order valence-electron chi connectivity index (χ0n) is 16.9. The van der Waals surface area contributed by atoms with Crippen molar-refractivity contribution < 1.29 is 9.53 Å². The highest BCUT2D eigenvalue weighted by molar-refractivity contribution is 6.07. The van der Waals surface area contributed by atoms with E-state index in [2.05, 4.69) is 21.7 Å². The number of amides is 1. The number of hydrogen-bond donors (Lipinski definition) is 2. The first-order valence-corrected chi connectivity index (χ1v) is 9.75. The molecule has 0 bridgehead atoms. The molecule has 0 radical (unpaired) electrons. The van der Waals surface area contributed by atoms with Crippen LogP contribution in [0.15, 0.2) is 78.9 Å². The number of carbonyl (C=O) groups excluding carboxylic acids is 1. The van der Waals surface area contributed by atoms with Gasteiger partial charge in [-0.05, 0) is 29.8 Å². The molecule has 0 saturated heterocycles. The van der Waals surface area contributed by atoms with Crippen molar-refractivity contribution in [2.45, 2.75) is 6.54 Å². The molecule has 0 unspecified atom stereocenters. The number of hydrogen-bond acceptors (Lipinski definition) is 5. The molecule has 3 aromatic carbocycles. The summed E-state index contributed by atoms with van der Waals surface area (Å²) >= 11 is 0. The lowest BCUT2D eigenvalue weighted by atomic mass is 10.1. The van der Waals surface area contributed by atoms with Crippen LogP contribution in [0.1, 0.15) is 21.5 Å². The van der Waals surface area contributed by atoms with Crippen LogP contribution in [0.4, 0.5) is 11.5 Å². The van der Waals surface area contributed by atoms with Crippen molar-refractivity contribution in [3.05, 3.63) is 95.6 Å². The summed E-state index contributed by atoms with van der Waals surface area (Å²) in [6, 6.07) is 26.4. The molecule has 0 spiro atoms. The molecule has 0 saturated carbocycles. The topological polar surface area (TPSA) is 87.0 Å². The first-order chi connectivity index (χ1) is 15.2. The number of aromatic nitrogens is 1. The van der Waals surface area contributed by atoms with E-state index < -0.39 is 0 Å². The number of rotatable bonds is 6. The zero-order valence-corrected chi connectivity index (χ0v) is 16.9. The molecule has 6 nitrogen and oxygen atoms in total. The van der Waals surface area contributed by atoms with Crippen molar-refractivity contribution in [3.8, 4) is 11.8 Å². The average Bonchev–Trinajstić information content (AvgIpc) is 2.83. The molecular weight excluding hydrogens is 388 g/mol. The van der Waals surface area contributed by atoms with Crippen molar-refractivity contribution in [2.75, 3.05) is 17.7 Å². The first kappa shape index (κ1) is 19.9. The van der Waals surface area contributed by atoms with Crippen LogP contribution >= 0.6 is 0 Å². The molecule has 4 aromatic rings. The number of fused-ring (bicyclic) bond motifs is 1. The van der Waals surface area contributed by atoms with E-state index in [1.54, 1.807) is 31.4 Å². The summed E-state index contributed by atoms with van der Waals surface area (Å²) in [5, 5.41) is 16.9. The van der Waals surface area contributed by atoms with Crippen molar-refractivity contribution in [1.29, 1.82) is 5.26 Å². The van der Waals surface area contributed by atoms with Gasteiger partial charge < -0.3 is 15.4 Å². The fourth-order valence-electron chi connectivity index (χ4n) is 3.33. The molecule has 1 amide bonds. The maximum absolute atomic E-state index is 12.8. The molecule has 1 heterocycles. The van der Waals surface area contributed by atoms with Gasteiger partial charge in [0.25, 0.3) is 5.91 Å². The molecule has 0 aliphatic carbocycles. The van der Waals surface area contributed by atoms with Crippen LogP contribution < -0.4 is 15.4 Å². The molecule has 0 aliphatic heterocycles. The van der Waals surface area contributed by atoms with Crippen molar-refractivity contribution in [2.24, 2.45) is 0 Å². The van der Waals surface area contributed by atoms with Crippen LogP contribution in [0, 0.1) is 11.3 Å². The lowest BCUT2D eigenvalue weighted by Crippen LogP contribution is -2.15. The normalized spacial score (nSPS) is 10.3. The van der Waals surface area contributed by atoms with Gasteiger partial charge in [0, 0.05) is 17.5 Å². The SMILES string of the molecule is COc1cccc(C(=O)Nc2nc3ccccc3c(NCc3ccccc3)c2C#N)c1. The van der Waals surface area contributed by atoms with Crippen molar-refractivity contribution >= 4 is 28.3 Å². The molecule has 0 aliphatic rings. The Morgan fingerprint density at radius 3 is 2.58 bits per heavy atom. The summed E-state index contributed by atoms with van der Waals surface area (Å²) in [5.74, 6) is 0.418. The Hall–Kier alpha value is -4.37. The number of nitrogens with zero attached hydrogens (tertiary/aromatic N) is 2. The van der Waals surface area contributed by atoms with E-state index in [1.165, 1.54) is 0 Å². The van der Waals surface area contributed by atoms with E-state index >= 15 is 0 Å². The molecule has 31 heavy (non-hydrogen) atoms. The number of methoxy groups -OCH3 is 1. The fraction of sp³-hybridized carbons (Fsp3) is 0.0800. The third-order valence-corrected chi connectivity index (χ3v) is 4.88. The number of anilines is 2. The maximum Gasteiger partial charge on any atom is 0.256 e. The maximum atomic E-state index is 12.8. The Morgan fingerprint density at radius 2 is 1.81 bits per heavy atom. The summed E-state index contributed by atoms with van der Waals surface area (Å²) < 4.78 is 5.19. The Morgan fingerprint density at radius 1 is 1.03 bits per heavy atom. The highest BCUT2D eigenvalue weighted by Crippen LogP contribution is 2.31. The van der Waals surface area contributed by atoms with Gasteiger partial charge in [-0.2, -0.15) is 5.26 Å². The predicted molar refractivity (Wildman–Crippen MR) is 121 cm³/mol. The van der Waals surface area contributed by atoms with E-state index in [9.17, 15) is 10.1 Å². The number of para-hydroxylation sites is 1. The van der Waals surface area contributed by atoms with Gasteiger partial charge in [0.2, 0.25) is 0 Å². The van der Waals surface area contributed by atoms with Crippen LogP contribution in [-0.4, -0.2) is 18.0 Å². The highest BCUT2D eigenvalue weighted by atomic mass is 16.5. The second-order valence-electron chi connectivity index (χ2n) is 6.86. The monoisotopic (exact) mass is 408 g/mol. The number of pyridine rings is 1. The Kier molecular flexibility index (Phi) is 5.77. The minimum Gasteiger partial charge on any atom is -0.497 e. The van der Waals surface area contributed by atoms with Gasteiger partial charge in [-0.15, -0.1) is 0 Å². The molecule has 1 aromatic heterocycles. The second-order valence-corrected chi connectivity index (χ2v) is 6.86. The largest absolute Gasteiger partial charge is 0.497 e. The minimum absolute atomic E-state index is 0.213. The third-order valence-electron chi connectivity index (χ3n) is 4.88. The third kappa shape index (κ3) is 4.31.